The van der Waals surface area contributed by atoms with E-state index in [9.17, 15) is 0 Å². The zero-order chi connectivity index (χ0) is 13.0. The average Bonchev–Trinajstić information content (AvgIpc) is 2.42. The Morgan fingerprint density at radius 3 is 2.28 bits per heavy atom. The van der Waals surface area contributed by atoms with Crippen molar-refractivity contribution in [2.24, 2.45) is 0 Å². The van der Waals surface area contributed by atoms with Gasteiger partial charge in [-0.3, -0.25) is 0 Å². The number of hydrogen-bond donors (Lipinski definition) is 0. The summed E-state index contributed by atoms with van der Waals surface area (Å²) in [6.45, 7) is 0. The molecule has 0 saturated heterocycles. The predicted molar refractivity (Wildman–Crippen MR) is 74.1 cm³/mol. The lowest BCUT2D eigenvalue weighted by Crippen LogP contribution is -1.91. The van der Waals surface area contributed by atoms with E-state index in [1.54, 1.807) is 13.2 Å². The molecule has 0 radical (unpaired) electrons. The van der Waals surface area contributed by atoms with Crippen LogP contribution in [-0.2, 0) is 5.88 Å². The van der Waals surface area contributed by atoms with Crippen LogP contribution in [0.1, 0.15) is 5.56 Å². The van der Waals surface area contributed by atoms with Gasteiger partial charge in [-0.2, -0.15) is 0 Å². The Balaban J connectivity index is 2.27. The van der Waals surface area contributed by atoms with Gasteiger partial charge < -0.3 is 9.47 Å². The Labute approximate surface area is 116 Å². The molecule has 18 heavy (non-hydrogen) atoms. The molecule has 0 unspecified atom stereocenters. The van der Waals surface area contributed by atoms with Gasteiger partial charge in [0, 0.05) is 5.56 Å². The van der Waals surface area contributed by atoms with Gasteiger partial charge in [0.05, 0.1) is 18.0 Å². The van der Waals surface area contributed by atoms with E-state index >= 15 is 0 Å². The molecule has 0 aliphatic rings. The molecule has 0 saturated carbocycles. The maximum Gasteiger partial charge on any atom is 0.150 e. The van der Waals surface area contributed by atoms with Crippen molar-refractivity contribution < 1.29 is 9.47 Å². The number of ether oxygens (including phenoxy) is 2. The molecule has 0 fully saturated rings. The highest BCUT2D eigenvalue weighted by molar-refractivity contribution is 6.32. The highest BCUT2D eigenvalue weighted by Gasteiger charge is 2.08. The molecule has 0 heterocycles. The third kappa shape index (κ3) is 2.89. The Hall–Kier alpha value is -1.38. The van der Waals surface area contributed by atoms with Gasteiger partial charge in [0.1, 0.15) is 17.2 Å². The summed E-state index contributed by atoms with van der Waals surface area (Å²) >= 11 is 12.0. The van der Waals surface area contributed by atoms with Crippen LogP contribution >= 0.6 is 23.2 Å². The average molecular weight is 283 g/mol. The largest absolute Gasteiger partial charge is 0.497 e. The highest BCUT2D eigenvalue weighted by Crippen LogP contribution is 2.34. The van der Waals surface area contributed by atoms with Gasteiger partial charge in [-0.15, -0.1) is 11.6 Å². The summed E-state index contributed by atoms with van der Waals surface area (Å²) in [5.41, 5.74) is 0.861. The lowest BCUT2D eigenvalue weighted by atomic mass is 10.2. The summed E-state index contributed by atoms with van der Waals surface area (Å²) in [7, 11) is 1.62. The molecule has 4 heteroatoms. The van der Waals surface area contributed by atoms with Gasteiger partial charge in [-0.1, -0.05) is 23.7 Å². The predicted octanol–water partition coefficient (Wildman–Crippen LogP) is 4.88. The van der Waals surface area contributed by atoms with Crippen LogP contribution in [0.4, 0.5) is 0 Å². The van der Waals surface area contributed by atoms with E-state index in [0.29, 0.717) is 22.4 Å². The highest BCUT2D eigenvalue weighted by atomic mass is 35.5. The number of para-hydroxylation sites is 1. The lowest BCUT2D eigenvalue weighted by molar-refractivity contribution is 0.412. The number of benzene rings is 2. The van der Waals surface area contributed by atoms with Crippen LogP contribution in [-0.4, -0.2) is 7.11 Å². The third-order valence-electron chi connectivity index (χ3n) is 2.47. The monoisotopic (exact) mass is 282 g/mol. The van der Waals surface area contributed by atoms with E-state index in [1.807, 2.05) is 36.4 Å². The van der Waals surface area contributed by atoms with E-state index in [-0.39, 0.29) is 0 Å². The molecule has 0 atom stereocenters. The molecule has 0 spiro atoms. The molecule has 94 valence electrons. The van der Waals surface area contributed by atoms with E-state index in [2.05, 4.69) is 0 Å². The topological polar surface area (TPSA) is 18.5 Å². The van der Waals surface area contributed by atoms with Gasteiger partial charge in [0.15, 0.2) is 0 Å². The zero-order valence-corrected chi connectivity index (χ0v) is 11.3. The number of methoxy groups -OCH3 is 1. The van der Waals surface area contributed by atoms with Gasteiger partial charge in [-0.05, 0) is 30.3 Å². The summed E-state index contributed by atoms with van der Waals surface area (Å²) in [4.78, 5) is 0. The van der Waals surface area contributed by atoms with Crippen molar-refractivity contribution in [1.82, 2.24) is 0 Å². The first-order valence-corrected chi connectivity index (χ1v) is 6.31. The number of rotatable bonds is 4. The van der Waals surface area contributed by atoms with Gasteiger partial charge in [0.2, 0.25) is 0 Å². The summed E-state index contributed by atoms with van der Waals surface area (Å²) in [5, 5.41) is 0.545. The normalized spacial score (nSPS) is 10.2. The Morgan fingerprint density at radius 1 is 1.00 bits per heavy atom. The van der Waals surface area contributed by atoms with Crippen molar-refractivity contribution in [3.8, 4) is 17.2 Å². The first-order valence-electron chi connectivity index (χ1n) is 5.40. The minimum absolute atomic E-state index is 0.353. The van der Waals surface area contributed by atoms with Crippen LogP contribution in [0.15, 0.2) is 42.5 Å². The molecule has 2 aromatic carbocycles. The second-order valence-corrected chi connectivity index (χ2v) is 4.31. The fourth-order valence-electron chi connectivity index (χ4n) is 1.53. The third-order valence-corrected chi connectivity index (χ3v) is 3.06. The second-order valence-electron chi connectivity index (χ2n) is 3.64. The van der Waals surface area contributed by atoms with Crippen LogP contribution < -0.4 is 9.47 Å². The maximum atomic E-state index is 6.11. The Morgan fingerprint density at radius 2 is 1.67 bits per heavy atom. The quantitative estimate of drug-likeness (QED) is 0.744. The van der Waals surface area contributed by atoms with Crippen LogP contribution in [0, 0.1) is 0 Å². The smallest absolute Gasteiger partial charge is 0.150 e. The summed E-state index contributed by atoms with van der Waals surface area (Å²) in [6.07, 6.45) is 0. The number of halogens is 2. The number of alkyl halides is 1. The Kier molecular flexibility index (Phi) is 4.34. The minimum Gasteiger partial charge on any atom is -0.497 e. The Bertz CT molecular complexity index is 524. The van der Waals surface area contributed by atoms with E-state index in [1.165, 1.54) is 0 Å². The van der Waals surface area contributed by atoms with E-state index in [4.69, 9.17) is 32.7 Å². The zero-order valence-electron chi connectivity index (χ0n) is 9.82. The first kappa shape index (κ1) is 13.1. The molecule has 0 aliphatic heterocycles. The van der Waals surface area contributed by atoms with E-state index < -0.39 is 0 Å². The molecule has 0 aromatic heterocycles. The molecule has 0 amide bonds. The molecule has 0 N–H and O–H groups in total. The molecular formula is C14H12Cl2O2. The van der Waals surface area contributed by atoms with Crippen LogP contribution in [0.3, 0.4) is 0 Å². The van der Waals surface area contributed by atoms with Crippen molar-refractivity contribution in [1.29, 1.82) is 0 Å². The van der Waals surface area contributed by atoms with Gasteiger partial charge >= 0.3 is 0 Å². The SMILES string of the molecule is COc1ccc(Oc2c(Cl)cccc2CCl)cc1. The summed E-state index contributed by atoms with van der Waals surface area (Å²) < 4.78 is 10.8. The van der Waals surface area contributed by atoms with Gasteiger partial charge in [0.25, 0.3) is 0 Å². The van der Waals surface area contributed by atoms with Crippen molar-refractivity contribution in [3.63, 3.8) is 0 Å². The molecule has 0 aliphatic carbocycles. The van der Waals surface area contributed by atoms with Crippen molar-refractivity contribution >= 4 is 23.2 Å². The molecule has 2 nitrogen and oxygen atoms in total. The second kappa shape index (κ2) is 5.98. The fraction of sp³-hybridized carbons (Fsp3) is 0.143. The maximum absolute atomic E-state index is 6.11. The fourth-order valence-corrected chi connectivity index (χ4v) is 1.98. The number of hydrogen-bond acceptors (Lipinski definition) is 2. The van der Waals surface area contributed by atoms with Crippen LogP contribution in [0.5, 0.6) is 17.2 Å². The standard InChI is InChI=1S/C14H12Cl2O2/c1-17-11-5-7-12(8-6-11)18-14-10(9-15)3-2-4-13(14)16/h2-8H,9H2,1H3. The molecule has 2 rings (SSSR count). The molecule has 2 aromatic rings. The summed E-state index contributed by atoms with van der Waals surface area (Å²) in [6, 6.07) is 12.8. The van der Waals surface area contributed by atoms with Crippen molar-refractivity contribution in [3.05, 3.63) is 53.1 Å². The summed E-state index contributed by atoms with van der Waals surface area (Å²) in [5.74, 6) is 2.42. The molecule has 0 bridgehead atoms. The van der Waals surface area contributed by atoms with Crippen molar-refractivity contribution in [2.45, 2.75) is 5.88 Å². The first-order chi connectivity index (χ1) is 8.74. The van der Waals surface area contributed by atoms with Crippen LogP contribution in [0.25, 0.3) is 0 Å². The lowest BCUT2D eigenvalue weighted by Gasteiger charge is -2.11. The minimum atomic E-state index is 0.353. The van der Waals surface area contributed by atoms with Gasteiger partial charge in [-0.25, -0.2) is 0 Å². The van der Waals surface area contributed by atoms with Crippen molar-refractivity contribution in [2.75, 3.05) is 7.11 Å². The van der Waals surface area contributed by atoms with E-state index in [0.717, 1.165) is 11.3 Å². The van der Waals surface area contributed by atoms with Crippen LogP contribution in [0.2, 0.25) is 5.02 Å². The molecular weight excluding hydrogens is 271 g/mol.